The Morgan fingerprint density at radius 1 is 0.378 bits per heavy atom. The molecule has 0 spiro atoms. The summed E-state index contributed by atoms with van der Waals surface area (Å²) in [6.45, 7) is 1.15. The molecule has 0 saturated heterocycles. The van der Waals surface area contributed by atoms with Crippen molar-refractivity contribution in [2.45, 2.75) is 5.92 Å². The summed E-state index contributed by atoms with van der Waals surface area (Å²) < 4.78 is 13.5. The molecule has 0 aromatic heterocycles. The predicted octanol–water partition coefficient (Wildman–Crippen LogP) is 6.90. The molecule has 0 aliphatic carbocycles. The Morgan fingerprint density at radius 2 is 0.649 bits per heavy atom. The highest BCUT2D eigenvalue weighted by atomic mass is 31.1. The van der Waals surface area contributed by atoms with Crippen LogP contribution < -0.4 is 21.2 Å². The van der Waals surface area contributed by atoms with E-state index in [9.17, 15) is 0 Å². The monoisotopic (exact) mass is 520 g/mol. The van der Waals surface area contributed by atoms with Gasteiger partial charge in [0.25, 0.3) is 0 Å². The van der Waals surface area contributed by atoms with Crippen molar-refractivity contribution >= 4 is 37.5 Å². The standard InChI is InChI=1S/C33H30O2P2/c1-6-16-28(17-7-1)29(26-34-36(30-18-8-2-9-19-30)31-20-10-3-11-21-31)27-35-37(32-22-12-4-13-23-32)33-24-14-5-15-25-33/h1-25,29H,26-27H2. The van der Waals surface area contributed by atoms with Crippen LogP contribution in [0.5, 0.6) is 0 Å². The first-order valence-electron chi connectivity index (χ1n) is 12.5. The molecule has 37 heavy (non-hydrogen) atoms. The van der Waals surface area contributed by atoms with E-state index in [0.29, 0.717) is 13.2 Å². The van der Waals surface area contributed by atoms with Gasteiger partial charge in [0.2, 0.25) is 0 Å². The zero-order chi connectivity index (χ0) is 25.1. The van der Waals surface area contributed by atoms with Crippen LogP contribution in [0, 0.1) is 0 Å². The third-order valence-corrected chi connectivity index (χ3v) is 9.93. The second-order valence-corrected chi connectivity index (χ2v) is 12.4. The molecule has 0 bridgehead atoms. The summed E-state index contributed by atoms with van der Waals surface area (Å²) >= 11 is 0. The molecule has 0 amide bonds. The minimum Gasteiger partial charge on any atom is -0.349 e. The van der Waals surface area contributed by atoms with Crippen LogP contribution in [-0.2, 0) is 9.05 Å². The zero-order valence-corrected chi connectivity index (χ0v) is 22.4. The van der Waals surface area contributed by atoms with Gasteiger partial charge in [-0.05, 0) is 5.56 Å². The van der Waals surface area contributed by atoms with E-state index >= 15 is 0 Å². The van der Waals surface area contributed by atoms with E-state index in [-0.39, 0.29) is 5.92 Å². The molecule has 0 fully saturated rings. The summed E-state index contributed by atoms with van der Waals surface area (Å²) in [5, 5.41) is 4.86. The first-order chi connectivity index (χ1) is 18.4. The van der Waals surface area contributed by atoms with Crippen molar-refractivity contribution in [1.82, 2.24) is 0 Å². The first kappa shape index (κ1) is 25.5. The highest BCUT2D eigenvalue weighted by Crippen LogP contribution is 2.39. The third kappa shape index (κ3) is 7.01. The van der Waals surface area contributed by atoms with Gasteiger partial charge in [-0.2, -0.15) is 0 Å². The molecule has 0 N–H and O–H groups in total. The predicted molar refractivity (Wildman–Crippen MR) is 159 cm³/mol. The van der Waals surface area contributed by atoms with Crippen LogP contribution in [0.15, 0.2) is 152 Å². The largest absolute Gasteiger partial charge is 0.349 e. The van der Waals surface area contributed by atoms with Gasteiger partial charge in [-0.15, -0.1) is 0 Å². The lowest BCUT2D eigenvalue weighted by atomic mass is 10.0. The maximum atomic E-state index is 6.77. The molecule has 2 nitrogen and oxygen atoms in total. The Labute approximate surface area is 222 Å². The average Bonchev–Trinajstić information content (AvgIpc) is 2.99. The molecule has 0 aliphatic rings. The van der Waals surface area contributed by atoms with E-state index in [0.717, 1.165) is 0 Å². The fourth-order valence-electron chi connectivity index (χ4n) is 4.14. The van der Waals surface area contributed by atoms with Gasteiger partial charge in [0.1, 0.15) is 0 Å². The van der Waals surface area contributed by atoms with E-state index in [1.807, 2.05) is 0 Å². The SMILES string of the molecule is c1ccc(C(COP(c2ccccc2)c2ccccc2)COP(c2ccccc2)c2ccccc2)cc1. The molecular weight excluding hydrogens is 490 g/mol. The molecule has 5 rings (SSSR count). The van der Waals surface area contributed by atoms with E-state index in [1.165, 1.54) is 26.8 Å². The van der Waals surface area contributed by atoms with Crippen LogP contribution in [0.1, 0.15) is 11.5 Å². The summed E-state index contributed by atoms with van der Waals surface area (Å²) in [7, 11) is -1.88. The highest BCUT2D eigenvalue weighted by Gasteiger charge is 2.22. The second kappa shape index (κ2) is 13.4. The van der Waals surface area contributed by atoms with Gasteiger partial charge in [-0.25, -0.2) is 0 Å². The van der Waals surface area contributed by atoms with E-state index in [2.05, 4.69) is 152 Å². The zero-order valence-electron chi connectivity index (χ0n) is 20.6. The van der Waals surface area contributed by atoms with E-state index < -0.39 is 16.3 Å². The fraction of sp³-hybridized carbons (Fsp3) is 0.0909. The van der Waals surface area contributed by atoms with Crippen molar-refractivity contribution in [3.05, 3.63) is 157 Å². The lowest BCUT2D eigenvalue weighted by Gasteiger charge is -2.25. The first-order valence-corrected chi connectivity index (χ1v) is 15.0. The molecular formula is C33H30O2P2. The third-order valence-electron chi connectivity index (χ3n) is 6.04. The smallest absolute Gasteiger partial charge is 0.0917 e. The molecule has 0 unspecified atom stereocenters. The van der Waals surface area contributed by atoms with E-state index in [1.54, 1.807) is 0 Å². The van der Waals surface area contributed by atoms with E-state index in [4.69, 9.17) is 9.05 Å². The number of rotatable bonds is 11. The van der Waals surface area contributed by atoms with Crippen LogP contribution in [0.3, 0.4) is 0 Å². The quantitative estimate of drug-likeness (QED) is 0.177. The Balaban J connectivity index is 1.39. The van der Waals surface area contributed by atoms with Crippen molar-refractivity contribution in [2.75, 3.05) is 13.2 Å². The number of benzene rings is 5. The minimum absolute atomic E-state index is 0.107. The van der Waals surface area contributed by atoms with Crippen LogP contribution in [-0.4, -0.2) is 13.2 Å². The molecule has 5 aromatic rings. The van der Waals surface area contributed by atoms with Crippen molar-refractivity contribution in [2.24, 2.45) is 0 Å². The molecule has 0 heterocycles. The Hall–Kier alpha value is -3.12. The molecule has 0 aliphatic heterocycles. The van der Waals surface area contributed by atoms with Gasteiger partial charge in [-0.3, -0.25) is 0 Å². The second-order valence-electron chi connectivity index (χ2n) is 8.63. The van der Waals surface area contributed by atoms with Gasteiger partial charge in [-0.1, -0.05) is 152 Å². The van der Waals surface area contributed by atoms with Crippen LogP contribution >= 0.6 is 16.3 Å². The van der Waals surface area contributed by atoms with Crippen molar-refractivity contribution in [3.63, 3.8) is 0 Å². The normalized spacial score (nSPS) is 11.3. The summed E-state index contributed by atoms with van der Waals surface area (Å²) in [5.74, 6) is 0.107. The van der Waals surface area contributed by atoms with Gasteiger partial charge in [0.15, 0.2) is 0 Å². The topological polar surface area (TPSA) is 18.5 Å². The van der Waals surface area contributed by atoms with Crippen LogP contribution in [0.4, 0.5) is 0 Å². The molecule has 0 radical (unpaired) electrons. The Morgan fingerprint density at radius 3 is 0.946 bits per heavy atom. The van der Waals surface area contributed by atoms with Crippen LogP contribution in [0.25, 0.3) is 0 Å². The van der Waals surface area contributed by atoms with Crippen molar-refractivity contribution < 1.29 is 9.05 Å². The summed E-state index contributed by atoms with van der Waals surface area (Å²) in [6, 6.07) is 52.8. The van der Waals surface area contributed by atoms with Gasteiger partial charge >= 0.3 is 0 Å². The van der Waals surface area contributed by atoms with Crippen molar-refractivity contribution in [3.8, 4) is 0 Å². The molecule has 0 saturated carbocycles. The Kier molecular flexibility index (Phi) is 9.27. The number of hydrogen-bond donors (Lipinski definition) is 0. The maximum Gasteiger partial charge on any atom is 0.0917 e. The lowest BCUT2D eigenvalue weighted by molar-refractivity contribution is 0.250. The minimum atomic E-state index is -0.938. The molecule has 0 atom stereocenters. The lowest BCUT2D eigenvalue weighted by Crippen LogP contribution is -2.20. The van der Waals surface area contributed by atoms with Crippen molar-refractivity contribution in [1.29, 1.82) is 0 Å². The highest BCUT2D eigenvalue weighted by molar-refractivity contribution is 7.68. The van der Waals surface area contributed by atoms with Gasteiger partial charge in [0, 0.05) is 27.1 Å². The summed E-state index contributed by atoms with van der Waals surface area (Å²) in [6.07, 6.45) is 0. The van der Waals surface area contributed by atoms with Crippen LogP contribution in [0.2, 0.25) is 0 Å². The average molecular weight is 521 g/mol. The maximum absolute atomic E-state index is 6.77. The molecule has 5 aromatic carbocycles. The van der Waals surface area contributed by atoms with Gasteiger partial charge in [0.05, 0.1) is 29.5 Å². The van der Waals surface area contributed by atoms with Gasteiger partial charge < -0.3 is 9.05 Å². The molecule has 4 heteroatoms. The summed E-state index contributed by atoms with van der Waals surface area (Å²) in [4.78, 5) is 0. The molecule has 184 valence electrons. The number of hydrogen-bond acceptors (Lipinski definition) is 2. The summed E-state index contributed by atoms with van der Waals surface area (Å²) in [5.41, 5.74) is 1.23. The Bertz CT molecular complexity index is 1150. The fourth-order valence-corrected chi connectivity index (χ4v) is 7.77.